The number of hydrogen-bond acceptors (Lipinski definition) is 4. The maximum absolute atomic E-state index is 12.3. The van der Waals surface area contributed by atoms with E-state index in [0.717, 1.165) is 27.2 Å². The molecule has 1 N–H and O–H groups in total. The molecule has 5 heteroatoms. The zero-order chi connectivity index (χ0) is 18.5. The van der Waals surface area contributed by atoms with E-state index < -0.39 is 0 Å². The fourth-order valence-corrected chi connectivity index (χ4v) is 3.70. The number of thioether (sulfide) groups is 1. The van der Waals surface area contributed by atoms with E-state index >= 15 is 0 Å². The average Bonchev–Trinajstić information content (AvgIpc) is 2.66. The summed E-state index contributed by atoms with van der Waals surface area (Å²) in [7, 11) is 1.64. The first kappa shape index (κ1) is 18.3. The Bertz CT molecular complexity index is 927. The van der Waals surface area contributed by atoms with Crippen LogP contribution in [0.4, 0.5) is 0 Å². The Morgan fingerprint density at radius 1 is 1.19 bits per heavy atom. The van der Waals surface area contributed by atoms with E-state index in [4.69, 9.17) is 4.74 Å². The van der Waals surface area contributed by atoms with Crippen LogP contribution in [-0.2, 0) is 4.79 Å². The van der Waals surface area contributed by atoms with Gasteiger partial charge in [0.2, 0.25) is 5.91 Å². The highest BCUT2D eigenvalue weighted by Gasteiger charge is 2.14. The van der Waals surface area contributed by atoms with Gasteiger partial charge in [0.25, 0.3) is 0 Å². The number of aryl methyl sites for hydroxylation is 1. The minimum atomic E-state index is -0.120. The van der Waals surface area contributed by atoms with Crippen molar-refractivity contribution in [2.45, 2.75) is 24.9 Å². The van der Waals surface area contributed by atoms with Crippen molar-refractivity contribution in [3.05, 3.63) is 65.7 Å². The van der Waals surface area contributed by atoms with Crippen LogP contribution >= 0.6 is 11.8 Å². The van der Waals surface area contributed by atoms with Gasteiger partial charge in [-0.2, -0.15) is 0 Å². The highest BCUT2D eigenvalue weighted by molar-refractivity contribution is 7.99. The van der Waals surface area contributed by atoms with Gasteiger partial charge in [0.05, 0.1) is 29.4 Å². The Labute approximate surface area is 158 Å². The van der Waals surface area contributed by atoms with Crippen molar-refractivity contribution < 1.29 is 9.53 Å². The van der Waals surface area contributed by atoms with Gasteiger partial charge in [-0.05, 0) is 37.6 Å². The van der Waals surface area contributed by atoms with Gasteiger partial charge < -0.3 is 10.1 Å². The number of methoxy groups -OCH3 is 1. The van der Waals surface area contributed by atoms with Crippen LogP contribution < -0.4 is 10.1 Å². The summed E-state index contributed by atoms with van der Waals surface area (Å²) >= 11 is 1.45. The van der Waals surface area contributed by atoms with Gasteiger partial charge in [-0.25, -0.2) is 4.98 Å². The van der Waals surface area contributed by atoms with E-state index in [9.17, 15) is 4.79 Å². The van der Waals surface area contributed by atoms with Crippen LogP contribution in [0.2, 0.25) is 0 Å². The molecule has 3 rings (SSSR count). The number of ether oxygens (including phenoxy) is 1. The van der Waals surface area contributed by atoms with E-state index in [2.05, 4.69) is 23.3 Å². The molecule has 0 aliphatic carbocycles. The number of hydrogen-bond donors (Lipinski definition) is 1. The number of nitrogens with one attached hydrogen (secondary N) is 1. The van der Waals surface area contributed by atoms with E-state index in [-0.39, 0.29) is 11.9 Å². The minimum absolute atomic E-state index is 0.0268. The molecule has 0 radical (unpaired) electrons. The summed E-state index contributed by atoms with van der Waals surface area (Å²) in [5.41, 5.74) is 3.09. The molecular weight excluding hydrogens is 344 g/mol. The molecule has 0 bridgehead atoms. The van der Waals surface area contributed by atoms with Crippen LogP contribution in [0.15, 0.2) is 59.6 Å². The zero-order valence-electron chi connectivity index (χ0n) is 15.2. The second-order valence-electron chi connectivity index (χ2n) is 6.11. The van der Waals surface area contributed by atoms with E-state index in [1.807, 2.05) is 55.5 Å². The number of fused-ring (bicyclic) bond motifs is 1. The van der Waals surface area contributed by atoms with Crippen LogP contribution in [0.3, 0.4) is 0 Å². The molecule has 0 fully saturated rings. The lowest BCUT2D eigenvalue weighted by molar-refractivity contribution is -0.119. The lowest BCUT2D eigenvalue weighted by Crippen LogP contribution is -2.28. The molecule has 3 aromatic rings. The lowest BCUT2D eigenvalue weighted by atomic mass is 10.1. The first-order valence-electron chi connectivity index (χ1n) is 8.50. The molecule has 1 aromatic heterocycles. The number of benzene rings is 2. The summed E-state index contributed by atoms with van der Waals surface area (Å²) in [5.74, 6) is 1.07. The average molecular weight is 366 g/mol. The fourth-order valence-electron chi connectivity index (χ4n) is 2.92. The Kier molecular flexibility index (Phi) is 5.78. The SMILES string of the molecule is COc1ccccc1C(C)NC(=O)CSc1cc(C)c2ccccc2n1. The molecule has 1 atom stereocenters. The molecular formula is C21H22N2O2S. The largest absolute Gasteiger partial charge is 0.496 e. The number of rotatable bonds is 6. The van der Waals surface area contributed by atoms with Crippen LogP contribution in [0, 0.1) is 6.92 Å². The second-order valence-corrected chi connectivity index (χ2v) is 7.11. The first-order chi connectivity index (χ1) is 12.6. The first-order valence-corrected chi connectivity index (χ1v) is 9.48. The molecule has 0 aliphatic rings. The van der Waals surface area contributed by atoms with Gasteiger partial charge in [-0.3, -0.25) is 4.79 Å². The predicted molar refractivity (Wildman–Crippen MR) is 107 cm³/mol. The van der Waals surface area contributed by atoms with Gasteiger partial charge in [0.1, 0.15) is 5.75 Å². The van der Waals surface area contributed by atoms with Crippen LogP contribution in [0.1, 0.15) is 24.1 Å². The normalized spacial score (nSPS) is 12.0. The number of nitrogens with zero attached hydrogens (tertiary/aromatic N) is 1. The second kappa shape index (κ2) is 8.23. The van der Waals surface area contributed by atoms with Crippen molar-refractivity contribution in [1.29, 1.82) is 0 Å². The molecule has 1 amide bonds. The predicted octanol–water partition coefficient (Wildman–Crippen LogP) is 4.52. The summed E-state index contributed by atoms with van der Waals surface area (Å²) in [6, 6.07) is 17.7. The molecule has 1 heterocycles. The number of pyridine rings is 1. The van der Waals surface area contributed by atoms with Gasteiger partial charge in [-0.1, -0.05) is 48.2 Å². The van der Waals surface area contributed by atoms with Crippen LogP contribution in [-0.4, -0.2) is 23.8 Å². The highest BCUT2D eigenvalue weighted by atomic mass is 32.2. The van der Waals surface area contributed by atoms with Crippen LogP contribution in [0.5, 0.6) is 5.75 Å². The smallest absolute Gasteiger partial charge is 0.230 e. The standard InChI is InChI=1S/C21H22N2O2S/c1-14-12-21(23-18-10-6-4-8-16(14)18)26-13-20(24)22-15(2)17-9-5-7-11-19(17)25-3/h4-12,15H,13H2,1-3H3,(H,22,24). The monoisotopic (exact) mass is 366 g/mol. The van der Waals surface area contributed by atoms with E-state index in [0.29, 0.717) is 5.75 Å². The van der Waals surface area contributed by atoms with Crippen molar-refractivity contribution in [2.75, 3.05) is 12.9 Å². The van der Waals surface area contributed by atoms with Crippen molar-refractivity contribution in [3.63, 3.8) is 0 Å². The van der Waals surface area contributed by atoms with E-state index in [1.54, 1.807) is 7.11 Å². The number of carbonyl (C=O) groups excluding carboxylic acids is 1. The molecule has 0 saturated carbocycles. The summed E-state index contributed by atoms with van der Waals surface area (Å²) in [6.07, 6.45) is 0. The molecule has 1 unspecified atom stereocenters. The Morgan fingerprint density at radius 3 is 2.73 bits per heavy atom. The highest BCUT2D eigenvalue weighted by Crippen LogP contribution is 2.26. The van der Waals surface area contributed by atoms with Crippen molar-refractivity contribution in [1.82, 2.24) is 10.3 Å². The quantitative estimate of drug-likeness (QED) is 0.652. The maximum Gasteiger partial charge on any atom is 0.230 e. The number of amides is 1. The summed E-state index contributed by atoms with van der Waals surface area (Å²) in [5, 5.41) is 5.03. The molecule has 0 saturated heterocycles. The summed E-state index contributed by atoms with van der Waals surface area (Å²) in [6.45, 7) is 4.02. The van der Waals surface area contributed by atoms with Crippen molar-refractivity contribution >= 4 is 28.6 Å². The molecule has 134 valence electrons. The third-order valence-corrected chi connectivity index (χ3v) is 5.15. The number of aromatic nitrogens is 1. The van der Waals surface area contributed by atoms with Gasteiger partial charge in [0.15, 0.2) is 0 Å². The van der Waals surface area contributed by atoms with E-state index in [1.165, 1.54) is 17.3 Å². The number of carbonyl (C=O) groups is 1. The third kappa shape index (κ3) is 4.17. The molecule has 4 nitrogen and oxygen atoms in total. The van der Waals surface area contributed by atoms with Crippen LogP contribution in [0.25, 0.3) is 10.9 Å². The maximum atomic E-state index is 12.3. The minimum Gasteiger partial charge on any atom is -0.496 e. The number of para-hydroxylation sites is 2. The Hall–Kier alpha value is -2.53. The van der Waals surface area contributed by atoms with Gasteiger partial charge in [-0.15, -0.1) is 0 Å². The lowest BCUT2D eigenvalue weighted by Gasteiger charge is -2.17. The zero-order valence-corrected chi connectivity index (χ0v) is 16.0. The summed E-state index contributed by atoms with van der Waals surface area (Å²) < 4.78 is 5.36. The molecule has 0 spiro atoms. The topological polar surface area (TPSA) is 51.2 Å². The van der Waals surface area contributed by atoms with Gasteiger partial charge in [0, 0.05) is 10.9 Å². The summed E-state index contributed by atoms with van der Waals surface area (Å²) in [4.78, 5) is 17.0. The molecule has 2 aromatic carbocycles. The third-order valence-electron chi connectivity index (χ3n) is 4.23. The fraction of sp³-hybridized carbons (Fsp3) is 0.238. The Morgan fingerprint density at radius 2 is 1.92 bits per heavy atom. The molecule has 26 heavy (non-hydrogen) atoms. The van der Waals surface area contributed by atoms with Gasteiger partial charge >= 0.3 is 0 Å². The Balaban J connectivity index is 1.64. The van der Waals surface area contributed by atoms with Crippen molar-refractivity contribution in [3.8, 4) is 5.75 Å². The van der Waals surface area contributed by atoms with Crippen molar-refractivity contribution in [2.24, 2.45) is 0 Å². The molecule has 0 aliphatic heterocycles.